The van der Waals surface area contributed by atoms with Crippen LogP contribution in [0.2, 0.25) is 0 Å². The summed E-state index contributed by atoms with van der Waals surface area (Å²) in [6.45, 7) is 14.9. The number of pyridine rings is 1. The number of sulfonamides is 1. The van der Waals surface area contributed by atoms with Crippen LogP contribution in [0.25, 0.3) is 11.0 Å². The molecule has 1 amide bonds. The molecule has 7 fully saturated rings. The first-order valence-electron chi connectivity index (χ1n) is 29.8. The Hall–Kier alpha value is -5.87. The van der Waals surface area contributed by atoms with Gasteiger partial charge in [0.25, 0.3) is 21.6 Å². The Bertz CT molecular complexity index is 3220. The van der Waals surface area contributed by atoms with E-state index in [1.54, 1.807) is 6.07 Å². The molecule has 3 aromatic carbocycles. The number of H-pyrrole nitrogens is 1. The average molecular weight is 1130 g/mol. The lowest BCUT2D eigenvalue weighted by Gasteiger charge is -2.59. The summed E-state index contributed by atoms with van der Waals surface area (Å²) in [5.41, 5.74) is 5.80. The van der Waals surface area contributed by atoms with Gasteiger partial charge in [0.15, 0.2) is 0 Å². The number of hydrogen-bond acceptors (Lipinski definition) is 16. The summed E-state index contributed by atoms with van der Waals surface area (Å²) in [5.74, 6) is -0.211. The van der Waals surface area contributed by atoms with E-state index in [0.717, 1.165) is 95.3 Å². The number of aryl methyl sites for hydroxylation is 1. The van der Waals surface area contributed by atoms with Crippen molar-refractivity contribution in [2.45, 2.75) is 132 Å². The number of morpholine rings is 1. The third-order valence-electron chi connectivity index (χ3n) is 19.8. The van der Waals surface area contributed by atoms with Crippen LogP contribution in [0.3, 0.4) is 0 Å². The number of carbonyl (C=O) groups is 1. The first-order valence-corrected chi connectivity index (χ1v) is 31.3. The SMILES string of the molecule is Cc1ccccc1[C@@H]1CN(C2CCC(N3CCOC[C@H]3C)CC2)CCN1C1CC2(CCN(c3ccc(C(=O)NS(=O)(=O)c4ccc(NCC5CCOCC5)c([N+](=O)[O-])c4)c(N4c5cc6cc[nH]c6nc5O[C@H]5COCC[C@@H]54)c3)CC2)C1. The number of fused-ring (bicyclic) bond motifs is 3. The molecule has 5 aromatic rings. The number of rotatable bonds is 13. The minimum atomic E-state index is -4.61. The summed E-state index contributed by atoms with van der Waals surface area (Å²) < 4.78 is 54.6. The fraction of sp³-hybridized carbons (Fsp3) is 0.574. The Balaban J connectivity index is 0.737. The molecule has 0 radical (unpaired) electrons. The number of benzene rings is 3. The average Bonchev–Trinajstić information content (AvgIpc) is 4.12. The number of nitrogens with zero attached hydrogens (tertiary/aromatic N) is 7. The largest absolute Gasteiger partial charge is 0.468 e. The molecule has 5 saturated heterocycles. The summed E-state index contributed by atoms with van der Waals surface area (Å²) in [7, 11) is -4.61. The second-order valence-corrected chi connectivity index (χ2v) is 26.2. The number of ether oxygens (including phenoxy) is 4. The Kier molecular flexibility index (Phi) is 15.2. The lowest BCUT2D eigenvalue weighted by molar-refractivity contribution is -0.384. The second-order valence-electron chi connectivity index (χ2n) is 24.5. The molecule has 2 aliphatic carbocycles. The lowest BCUT2D eigenvalue weighted by atomic mass is 9.59. The molecule has 4 atom stereocenters. The molecule has 2 aromatic heterocycles. The van der Waals surface area contributed by atoms with E-state index >= 15 is 0 Å². The van der Waals surface area contributed by atoms with Gasteiger partial charge in [-0.3, -0.25) is 29.6 Å². The molecule has 0 bridgehead atoms. The van der Waals surface area contributed by atoms with Crippen molar-refractivity contribution < 1.29 is 37.1 Å². The molecule has 19 nitrogen and oxygen atoms in total. The highest BCUT2D eigenvalue weighted by molar-refractivity contribution is 7.90. The van der Waals surface area contributed by atoms with Crippen molar-refractivity contribution in [3.8, 4) is 5.88 Å². The van der Waals surface area contributed by atoms with E-state index in [2.05, 4.69) is 77.6 Å². The third kappa shape index (κ3) is 10.9. The quantitative estimate of drug-likeness (QED) is 0.0747. The number of piperidine rings is 1. The number of aromatic amines is 1. The molecule has 3 N–H and O–H groups in total. The number of hydrogen-bond donors (Lipinski definition) is 3. The molecular weight excluding hydrogens is 1050 g/mol. The number of anilines is 4. The zero-order chi connectivity index (χ0) is 55.4. The zero-order valence-corrected chi connectivity index (χ0v) is 47.6. The van der Waals surface area contributed by atoms with E-state index in [4.69, 9.17) is 23.9 Å². The van der Waals surface area contributed by atoms with Crippen molar-refractivity contribution in [3.05, 3.63) is 106 Å². The van der Waals surface area contributed by atoms with Gasteiger partial charge >= 0.3 is 0 Å². The number of piperazine rings is 1. The molecule has 1 spiro atoms. The highest BCUT2D eigenvalue weighted by atomic mass is 32.2. The van der Waals surface area contributed by atoms with Crippen LogP contribution in [0.5, 0.6) is 5.88 Å². The van der Waals surface area contributed by atoms with Gasteiger partial charge < -0.3 is 39.0 Å². The van der Waals surface area contributed by atoms with Crippen LogP contribution in [0.15, 0.2) is 83.9 Å². The van der Waals surface area contributed by atoms with Gasteiger partial charge in [0.2, 0.25) is 5.88 Å². The number of nitrogens with one attached hydrogen (secondary N) is 3. The van der Waals surface area contributed by atoms with Gasteiger partial charge in [-0.1, -0.05) is 24.3 Å². The summed E-state index contributed by atoms with van der Waals surface area (Å²) in [5, 5.41) is 16.4. The highest BCUT2D eigenvalue weighted by Crippen LogP contribution is 2.54. The van der Waals surface area contributed by atoms with Crippen LogP contribution >= 0.6 is 0 Å². The van der Waals surface area contributed by atoms with Gasteiger partial charge in [-0.05, 0) is 149 Å². The predicted octanol–water partition coefficient (Wildman–Crippen LogP) is 8.56. The van der Waals surface area contributed by atoms with Crippen molar-refractivity contribution in [2.24, 2.45) is 11.3 Å². The summed E-state index contributed by atoms with van der Waals surface area (Å²) in [4.78, 5) is 47.2. The van der Waals surface area contributed by atoms with E-state index in [0.29, 0.717) is 92.5 Å². The van der Waals surface area contributed by atoms with Gasteiger partial charge in [0.05, 0.1) is 46.9 Å². The number of nitro benzene ring substituents is 1. The maximum atomic E-state index is 14.8. The van der Waals surface area contributed by atoms with Crippen molar-refractivity contribution in [2.75, 3.05) is 101 Å². The highest BCUT2D eigenvalue weighted by Gasteiger charge is 2.51. The molecule has 81 heavy (non-hydrogen) atoms. The minimum absolute atomic E-state index is 0.132. The topological polar surface area (TPSA) is 200 Å². The van der Waals surface area contributed by atoms with Gasteiger partial charge in [0.1, 0.15) is 23.1 Å². The first-order chi connectivity index (χ1) is 39.4. The monoisotopic (exact) mass is 1130 g/mol. The van der Waals surface area contributed by atoms with Crippen LogP contribution in [-0.4, -0.2) is 166 Å². The number of nitro groups is 1. The molecule has 432 valence electrons. The smallest absolute Gasteiger partial charge is 0.293 e. The van der Waals surface area contributed by atoms with Gasteiger partial charge in [0, 0.05) is 119 Å². The normalized spacial score (nSPS) is 27.0. The molecule has 0 unspecified atom stereocenters. The number of aromatic nitrogens is 2. The van der Waals surface area contributed by atoms with Crippen LogP contribution in [-0.2, 0) is 24.2 Å². The van der Waals surface area contributed by atoms with Crippen LogP contribution in [0.1, 0.15) is 105 Å². The molecule has 8 aliphatic rings. The lowest BCUT2D eigenvalue weighted by Crippen LogP contribution is -2.61. The second kappa shape index (κ2) is 22.7. The first kappa shape index (κ1) is 54.4. The number of carbonyl (C=O) groups excluding carboxylic acids is 1. The van der Waals surface area contributed by atoms with Gasteiger partial charge in [-0.25, -0.2) is 13.1 Å². The molecule has 13 rings (SSSR count). The van der Waals surface area contributed by atoms with E-state index in [9.17, 15) is 23.3 Å². The number of amides is 1. The third-order valence-corrected chi connectivity index (χ3v) is 21.1. The molecular formula is C61H78N10O9S. The predicted molar refractivity (Wildman–Crippen MR) is 310 cm³/mol. The Morgan fingerprint density at radius 2 is 1.59 bits per heavy atom. The van der Waals surface area contributed by atoms with Gasteiger partial charge in [-0.2, -0.15) is 4.98 Å². The fourth-order valence-electron chi connectivity index (χ4n) is 15.2. The molecule has 6 aliphatic heterocycles. The summed E-state index contributed by atoms with van der Waals surface area (Å²) in [6, 6.07) is 24.8. The van der Waals surface area contributed by atoms with E-state index < -0.39 is 37.5 Å². The van der Waals surface area contributed by atoms with Crippen molar-refractivity contribution in [1.82, 2.24) is 29.4 Å². The Morgan fingerprint density at radius 3 is 2.38 bits per heavy atom. The summed E-state index contributed by atoms with van der Waals surface area (Å²) in [6.07, 6.45) is 13.2. The molecule has 8 heterocycles. The van der Waals surface area contributed by atoms with Crippen molar-refractivity contribution in [3.63, 3.8) is 0 Å². The van der Waals surface area contributed by atoms with Crippen LogP contribution in [0.4, 0.5) is 28.4 Å². The fourth-order valence-corrected chi connectivity index (χ4v) is 16.1. The zero-order valence-electron chi connectivity index (χ0n) is 46.8. The maximum absolute atomic E-state index is 14.8. The minimum Gasteiger partial charge on any atom is -0.468 e. The van der Waals surface area contributed by atoms with E-state index in [1.165, 1.54) is 61.8 Å². The van der Waals surface area contributed by atoms with Crippen LogP contribution in [0, 0.1) is 28.4 Å². The van der Waals surface area contributed by atoms with E-state index in [-0.39, 0.29) is 28.6 Å². The Labute approximate surface area is 475 Å². The molecule has 2 saturated carbocycles. The maximum Gasteiger partial charge on any atom is 0.293 e. The van der Waals surface area contributed by atoms with Gasteiger partial charge in [-0.15, -0.1) is 0 Å². The van der Waals surface area contributed by atoms with E-state index in [1.807, 2.05) is 30.5 Å². The standard InChI is InChI=1S/C61H78N10O9S/c1-40-5-3-4-6-49(40)56-37-67(44-7-9-45(10-8-44)68-26-30-79-38-41(68)2)24-25-69(56)47-34-61(35-47)19-22-66(23-20-61)46-11-13-50(53(32-46)70-52-18-29-78-39-57(52)80-60-55(70)31-43-15-21-62-58(43)64-60)59(72)65-81(75,76)48-12-14-51(54(33-48)71(73)74)63-36-42-16-27-77-28-17-42/h3-6,11-15,21,31-33,41-42,44-45,47,52,56-57,63H,7-10,16-20,22-30,34-39H2,1-2H3,(H,62,64)(H,65,72)/t41-,44?,45?,52+,56+,57+/m1/s1. The summed E-state index contributed by atoms with van der Waals surface area (Å²) >= 11 is 0. The van der Waals surface area contributed by atoms with Crippen molar-refractivity contribution >= 4 is 55.4 Å². The Morgan fingerprint density at radius 1 is 0.815 bits per heavy atom. The molecule has 20 heteroatoms. The van der Waals surface area contributed by atoms with Crippen molar-refractivity contribution in [1.29, 1.82) is 0 Å². The van der Waals surface area contributed by atoms with Crippen LogP contribution < -0.4 is 24.6 Å².